The highest BCUT2D eigenvalue weighted by molar-refractivity contribution is 7.00. The van der Waals surface area contributed by atoms with Gasteiger partial charge in [-0.05, 0) is 201 Å². The van der Waals surface area contributed by atoms with E-state index < -0.39 is 65.9 Å². The molecule has 18 aromatic rings. The second-order valence-electron chi connectivity index (χ2n) is 40.4. The molecular weight excluding hydrogens is 1510 g/mol. The molecule has 2 aliphatic heterocycles. The van der Waals surface area contributed by atoms with Crippen molar-refractivity contribution in [3.8, 4) is 90.0 Å². The summed E-state index contributed by atoms with van der Waals surface area (Å²) >= 11 is 0. The van der Waals surface area contributed by atoms with Gasteiger partial charge in [0.25, 0.3) is 6.71 Å². The Bertz CT molecular complexity index is 7540. The molecule has 15 aromatic carbocycles. The molecule has 0 fully saturated rings. The second kappa shape index (κ2) is 29.7. The average Bonchev–Trinajstić information content (AvgIpc) is 1.62. The summed E-state index contributed by atoms with van der Waals surface area (Å²) in [6, 6.07) is 97.0. The number of rotatable bonds is 11. The van der Waals surface area contributed by atoms with Crippen LogP contribution in [-0.2, 0) is 32.5 Å². The van der Waals surface area contributed by atoms with Crippen LogP contribution < -0.4 is 26.2 Å². The third-order valence-corrected chi connectivity index (χ3v) is 25.7. The van der Waals surface area contributed by atoms with Gasteiger partial charge >= 0.3 is 0 Å². The van der Waals surface area contributed by atoms with Crippen LogP contribution in [0.2, 0.25) is 0 Å². The molecule has 0 bridgehead atoms. The van der Waals surface area contributed by atoms with E-state index in [2.05, 4.69) is 351 Å². The minimum absolute atomic E-state index is 0.0208. The molecule has 125 heavy (non-hydrogen) atoms. The Kier molecular flexibility index (Phi) is 16.9. The zero-order valence-corrected chi connectivity index (χ0v) is 74.8. The van der Waals surface area contributed by atoms with Gasteiger partial charge in [0.15, 0.2) is 17.5 Å². The number of aromatic nitrogens is 5. The fourth-order valence-electron chi connectivity index (χ4n) is 18.7. The first-order chi connectivity index (χ1) is 63.1. The van der Waals surface area contributed by atoms with Crippen molar-refractivity contribution in [1.29, 1.82) is 0 Å². The number of para-hydroxylation sites is 2. The summed E-state index contributed by atoms with van der Waals surface area (Å²) in [5.74, 6) is 1.32. The van der Waals surface area contributed by atoms with Crippen LogP contribution in [0.15, 0.2) is 327 Å². The predicted octanol–water partition coefficient (Wildman–Crippen LogP) is 29.6. The van der Waals surface area contributed by atoms with Crippen molar-refractivity contribution in [3.05, 3.63) is 361 Å². The van der Waals surface area contributed by atoms with Gasteiger partial charge in [0.1, 0.15) is 0 Å². The van der Waals surface area contributed by atoms with Crippen LogP contribution in [0.4, 0.5) is 34.1 Å². The minimum atomic E-state index is -0.640. The quantitative estimate of drug-likeness (QED) is 0.121. The lowest BCUT2D eigenvalue weighted by Crippen LogP contribution is -2.61. The van der Waals surface area contributed by atoms with E-state index in [1.54, 1.807) is 4.57 Å². The van der Waals surface area contributed by atoms with Crippen molar-refractivity contribution in [2.24, 2.45) is 0 Å². The Labute approximate surface area is 749 Å². The molecular formula is C117H108BN7. The minimum Gasteiger partial charge on any atom is -0.310 e. The first-order valence-corrected chi connectivity index (χ1v) is 43.8. The molecule has 2 aliphatic rings. The first kappa shape index (κ1) is 71.0. The van der Waals surface area contributed by atoms with Crippen LogP contribution in [-0.4, -0.2) is 30.8 Å². The molecule has 0 radical (unpaired) electrons. The molecule has 0 saturated carbocycles. The predicted molar refractivity (Wildman–Crippen MR) is 533 cm³/mol. The van der Waals surface area contributed by atoms with Gasteiger partial charge in [0.05, 0.1) is 50.1 Å². The van der Waals surface area contributed by atoms with Gasteiger partial charge in [-0.15, -0.1) is 0 Å². The molecule has 614 valence electrons. The van der Waals surface area contributed by atoms with E-state index in [9.17, 15) is 11.0 Å². The highest BCUT2D eigenvalue weighted by Gasteiger charge is 2.47. The largest absolute Gasteiger partial charge is 0.310 e. The molecule has 3 aromatic heterocycles. The Morgan fingerprint density at radius 1 is 0.248 bits per heavy atom. The fraction of sp³-hybridized carbons (Fsp3) is 0.205. The van der Waals surface area contributed by atoms with Crippen LogP contribution in [0.5, 0.6) is 0 Å². The summed E-state index contributed by atoms with van der Waals surface area (Å²) in [5.41, 5.74) is 25.4. The molecule has 20 rings (SSSR count). The maximum atomic E-state index is 10.5. The highest BCUT2D eigenvalue weighted by Crippen LogP contribution is 2.57. The lowest BCUT2D eigenvalue weighted by atomic mass is 9.33. The molecule has 0 spiro atoms. The maximum absolute atomic E-state index is 10.5. The van der Waals surface area contributed by atoms with Gasteiger partial charge < -0.3 is 18.9 Å². The summed E-state index contributed by atoms with van der Waals surface area (Å²) in [6.45, 7) is 40.2. The second-order valence-corrected chi connectivity index (χ2v) is 40.4. The molecule has 0 unspecified atom stereocenters. The normalized spacial score (nSPS) is 14.0. The van der Waals surface area contributed by atoms with E-state index in [-0.39, 0.29) is 43.5 Å². The van der Waals surface area contributed by atoms with Crippen LogP contribution in [0.1, 0.15) is 169 Å². The van der Waals surface area contributed by atoms with Crippen LogP contribution in [0.25, 0.3) is 134 Å². The molecule has 0 N–H and O–H groups in total. The van der Waals surface area contributed by atoms with E-state index >= 15 is 0 Å². The lowest BCUT2D eigenvalue weighted by Gasteiger charge is -2.46. The third-order valence-electron chi connectivity index (χ3n) is 25.7. The molecule has 0 saturated heterocycles. The van der Waals surface area contributed by atoms with Gasteiger partial charge in [-0.2, -0.15) is 0 Å². The van der Waals surface area contributed by atoms with E-state index in [1.165, 1.54) is 22.3 Å². The van der Waals surface area contributed by atoms with Gasteiger partial charge in [0.2, 0.25) is 0 Å². The summed E-state index contributed by atoms with van der Waals surface area (Å²) < 4.78 is 84.1. The number of benzene rings is 15. The molecule has 5 heterocycles. The third kappa shape index (κ3) is 14.1. The fourth-order valence-corrected chi connectivity index (χ4v) is 18.7. The van der Waals surface area contributed by atoms with Gasteiger partial charge in [-0.3, -0.25) is 0 Å². The van der Waals surface area contributed by atoms with Gasteiger partial charge in [0, 0.05) is 83.4 Å². The summed E-state index contributed by atoms with van der Waals surface area (Å²) in [4.78, 5) is 21.9. The van der Waals surface area contributed by atoms with Gasteiger partial charge in [-0.25, -0.2) is 15.0 Å². The van der Waals surface area contributed by atoms with Crippen molar-refractivity contribution in [1.82, 2.24) is 24.1 Å². The molecule has 0 atom stereocenters. The lowest BCUT2D eigenvalue weighted by molar-refractivity contribution is 0.569. The summed E-state index contributed by atoms with van der Waals surface area (Å²) in [5, 5.41) is 2.18. The zero-order chi connectivity index (χ0) is 93.7. The number of hydrogen-bond acceptors (Lipinski definition) is 5. The maximum Gasteiger partial charge on any atom is 0.252 e. The Morgan fingerprint density at radius 3 is 1.01 bits per heavy atom. The average molecular weight is 1630 g/mol. The Hall–Kier alpha value is -13.4. The molecule has 0 amide bonds. The number of fused-ring (bicyclic) bond motifs is 10. The first-order valence-electron chi connectivity index (χ1n) is 47.8. The number of hydrogen-bond donors (Lipinski definition) is 0. The van der Waals surface area contributed by atoms with E-state index in [0.29, 0.717) is 45.8 Å². The summed E-state index contributed by atoms with van der Waals surface area (Å²) in [7, 11) is 0. The summed E-state index contributed by atoms with van der Waals surface area (Å²) in [6.07, 6.45) is 0. The number of anilines is 6. The standard InChI is InChI=1S/C117H108BN7/c1-112(2,3)80-53-58-100-93(64-80)94-65-81(113(4,5)6)54-59-101(94)122(100)86-55-57-97-103(70-86)125(107-90(73-38-24-19-25-39-73)66-84(116(13,14)15)67-91(107)74-40-26-20-27-41-74)105-72-87(123-98-50-36-34-48-88(98)89-49-35-37-51-99(89)123)71-104-106(105)118(97)96-56-52-78(79-60-82(114(7,8)9)63-83(61-79)115(10,11)12)62-102(96)124(104)108-92(75-42-28-21-29-43-75)68-85(117(16,17)18)69-95(108)111-120-109(76-44-30-22-31-45-76)119-110(121-111)77-46-32-23-33-47-77/h19-72H,1-18H3/i34D,35D,36D,37D,48D,49D,50D,51D. The Morgan fingerprint density at radius 2 is 0.592 bits per heavy atom. The number of nitrogens with zero attached hydrogens (tertiary/aromatic N) is 7. The van der Waals surface area contributed by atoms with Crippen molar-refractivity contribution in [2.45, 2.75) is 157 Å². The molecule has 0 aliphatic carbocycles. The van der Waals surface area contributed by atoms with E-state index in [0.717, 1.165) is 128 Å². The van der Waals surface area contributed by atoms with Gasteiger partial charge in [-0.1, -0.05) is 361 Å². The smallest absolute Gasteiger partial charge is 0.252 e. The van der Waals surface area contributed by atoms with Crippen molar-refractivity contribution in [2.75, 3.05) is 9.80 Å². The van der Waals surface area contributed by atoms with Crippen LogP contribution in [0, 0.1) is 0 Å². The van der Waals surface area contributed by atoms with E-state index in [1.807, 2.05) is 66.7 Å². The topological polar surface area (TPSA) is 55.0 Å². The SMILES string of the molecule is [2H]c1c([2H])c([2H])c2c(c1[2H])c1c([2H])c([2H])c([2H])c([2H])c1n2-c1cc2c3c(c1)N(c1c(-c4ccccc4)cc(C(C)(C)C)cc1-c1nc(-c4ccccc4)nc(-c4ccccc4)n1)c1cc(-c4cc(C(C)(C)C)cc(C(C)(C)C)c4)ccc1B3c1ccc(-n3c4ccc(C(C)(C)C)cc4c4cc(C(C)(C)C)ccc43)cc1N2c1c(-c2ccccc2)cc(C(C)(C)C)cc1-c1ccccc1. The highest BCUT2D eigenvalue weighted by atomic mass is 15.2. The Balaban J connectivity index is 1.05. The van der Waals surface area contributed by atoms with Crippen molar-refractivity contribution >= 4 is 101 Å². The molecule has 8 heteroatoms. The van der Waals surface area contributed by atoms with Crippen molar-refractivity contribution < 1.29 is 11.0 Å². The van der Waals surface area contributed by atoms with Crippen LogP contribution >= 0.6 is 0 Å². The zero-order valence-electron chi connectivity index (χ0n) is 82.8. The van der Waals surface area contributed by atoms with Crippen LogP contribution in [0.3, 0.4) is 0 Å². The van der Waals surface area contributed by atoms with Crippen molar-refractivity contribution in [3.63, 3.8) is 0 Å². The molecule has 7 nitrogen and oxygen atoms in total. The monoisotopic (exact) mass is 1630 g/mol. The van der Waals surface area contributed by atoms with E-state index in [4.69, 9.17) is 15.0 Å².